The van der Waals surface area contributed by atoms with Crippen molar-refractivity contribution in [2.75, 3.05) is 19.6 Å². The van der Waals surface area contributed by atoms with Crippen LogP contribution in [0.5, 0.6) is 0 Å². The Morgan fingerprint density at radius 3 is 1.92 bits per heavy atom. The lowest BCUT2D eigenvalue weighted by molar-refractivity contribution is 0.0773. The summed E-state index contributed by atoms with van der Waals surface area (Å²) in [5.74, 6) is -0.0874. The van der Waals surface area contributed by atoms with E-state index in [2.05, 4.69) is 0 Å². The molecular formula is C20H26N2O3S. The van der Waals surface area contributed by atoms with Gasteiger partial charge in [-0.1, -0.05) is 37.3 Å². The van der Waals surface area contributed by atoms with E-state index in [4.69, 9.17) is 0 Å². The first kappa shape index (κ1) is 20.1. The van der Waals surface area contributed by atoms with Gasteiger partial charge in [0.1, 0.15) is 0 Å². The molecule has 5 nitrogen and oxygen atoms in total. The second-order valence-electron chi connectivity index (χ2n) is 5.92. The maximum atomic E-state index is 12.9. The topological polar surface area (TPSA) is 57.7 Å². The van der Waals surface area contributed by atoms with Gasteiger partial charge in [0.2, 0.25) is 10.0 Å². The molecule has 0 fully saturated rings. The SMILES string of the molecule is CCN(CC)C(=O)c1ccc(S(=O)(=O)N(CC)Cc2ccccc2)cc1. The van der Waals surface area contributed by atoms with Crippen LogP contribution in [0.15, 0.2) is 59.5 Å². The van der Waals surface area contributed by atoms with Gasteiger partial charge in [-0.25, -0.2) is 8.42 Å². The normalized spacial score (nSPS) is 11.5. The molecule has 0 unspecified atom stereocenters. The predicted molar refractivity (Wildman–Crippen MR) is 103 cm³/mol. The third kappa shape index (κ3) is 4.51. The summed E-state index contributed by atoms with van der Waals surface area (Å²) in [6.45, 7) is 7.59. The van der Waals surface area contributed by atoms with E-state index in [1.54, 1.807) is 17.0 Å². The molecule has 26 heavy (non-hydrogen) atoms. The van der Waals surface area contributed by atoms with Crippen LogP contribution in [-0.4, -0.2) is 43.2 Å². The van der Waals surface area contributed by atoms with Gasteiger partial charge in [-0.3, -0.25) is 4.79 Å². The second kappa shape index (κ2) is 8.96. The predicted octanol–water partition coefficient (Wildman–Crippen LogP) is 3.38. The minimum absolute atomic E-state index is 0.0874. The zero-order valence-electron chi connectivity index (χ0n) is 15.6. The zero-order valence-corrected chi connectivity index (χ0v) is 16.4. The highest BCUT2D eigenvalue weighted by atomic mass is 32.2. The van der Waals surface area contributed by atoms with Crippen LogP contribution in [0.1, 0.15) is 36.7 Å². The third-order valence-electron chi connectivity index (χ3n) is 4.34. The molecule has 0 radical (unpaired) electrons. The van der Waals surface area contributed by atoms with Crippen LogP contribution in [0, 0.1) is 0 Å². The lowest BCUT2D eigenvalue weighted by atomic mass is 10.2. The molecule has 1 amide bonds. The monoisotopic (exact) mass is 374 g/mol. The Hall–Kier alpha value is -2.18. The van der Waals surface area contributed by atoms with Gasteiger partial charge in [-0.15, -0.1) is 0 Å². The van der Waals surface area contributed by atoms with E-state index in [0.29, 0.717) is 31.7 Å². The lowest BCUT2D eigenvalue weighted by Crippen LogP contribution is -2.31. The number of benzene rings is 2. The number of hydrogen-bond donors (Lipinski definition) is 0. The molecule has 0 saturated carbocycles. The summed E-state index contributed by atoms with van der Waals surface area (Å²) in [5.41, 5.74) is 1.44. The molecule has 2 aromatic carbocycles. The van der Waals surface area contributed by atoms with Crippen molar-refractivity contribution in [3.05, 3.63) is 65.7 Å². The average molecular weight is 375 g/mol. The highest BCUT2D eigenvalue weighted by Crippen LogP contribution is 2.19. The Balaban J connectivity index is 2.23. The minimum atomic E-state index is -3.61. The summed E-state index contributed by atoms with van der Waals surface area (Å²) in [4.78, 5) is 14.3. The lowest BCUT2D eigenvalue weighted by Gasteiger charge is -2.21. The Morgan fingerprint density at radius 1 is 0.846 bits per heavy atom. The van der Waals surface area contributed by atoms with Gasteiger partial charge in [-0.05, 0) is 43.7 Å². The number of carbonyl (C=O) groups is 1. The summed E-state index contributed by atoms with van der Waals surface area (Å²) in [7, 11) is -3.61. The maximum absolute atomic E-state index is 12.9. The van der Waals surface area contributed by atoms with E-state index in [-0.39, 0.29) is 10.8 Å². The fourth-order valence-corrected chi connectivity index (χ4v) is 4.20. The molecule has 0 saturated heterocycles. The van der Waals surface area contributed by atoms with E-state index in [0.717, 1.165) is 5.56 Å². The largest absolute Gasteiger partial charge is 0.339 e. The molecule has 6 heteroatoms. The standard InChI is InChI=1S/C20H26N2O3S/c1-4-21(5-2)20(23)18-12-14-19(15-13-18)26(24,25)22(6-3)16-17-10-8-7-9-11-17/h7-15H,4-6,16H2,1-3H3. The van der Waals surface area contributed by atoms with Gasteiger partial charge >= 0.3 is 0 Å². The van der Waals surface area contributed by atoms with Crippen molar-refractivity contribution in [1.82, 2.24) is 9.21 Å². The number of hydrogen-bond acceptors (Lipinski definition) is 3. The molecule has 0 aromatic heterocycles. The molecule has 2 aromatic rings. The van der Waals surface area contributed by atoms with Crippen LogP contribution in [0.4, 0.5) is 0 Å². The van der Waals surface area contributed by atoms with Crippen molar-refractivity contribution < 1.29 is 13.2 Å². The third-order valence-corrected chi connectivity index (χ3v) is 6.28. The summed E-state index contributed by atoms with van der Waals surface area (Å²) in [6.07, 6.45) is 0. The van der Waals surface area contributed by atoms with Gasteiger partial charge in [0.15, 0.2) is 0 Å². The molecule has 140 valence electrons. The van der Waals surface area contributed by atoms with Crippen molar-refractivity contribution in [3.8, 4) is 0 Å². The zero-order chi connectivity index (χ0) is 19.2. The first-order valence-electron chi connectivity index (χ1n) is 8.87. The molecule has 0 spiro atoms. The number of carbonyl (C=O) groups excluding carboxylic acids is 1. The van der Waals surface area contributed by atoms with Crippen LogP contribution in [0.3, 0.4) is 0 Å². The van der Waals surface area contributed by atoms with E-state index in [9.17, 15) is 13.2 Å². The minimum Gasteiger partial charge on any atom is -0.339 e. The molecule has 0 aliphatic rings. The molecule has 0 bridgehead atoms. The Morgan fingerprint density at radius 2 is 1.42 bits per heavy atom. The van der Waals surface area contributed by atoms with E-state index < -0.39 is 10.0 Å². The van der Waals surface area contributed by atoms with Crippen molar-refractivity contribution in [2.24, 2.45) is 0 Å². The van der Waals surface area contributed by atoms with Crippen molar-refractivity contribution >= 4 is 15.9 Å². The number of nitrogens with zero attached hydrogens (tertiary/aromatic N) is 2. The van der Waals surface area contributed by atoms with Crippen LogP contribution < -0.4 is 0 Å². The average Bonchev–Trinajstić information content (AvgIpc) is 2.67. The summed E-state index contributed by atoms with van der Waals surface area (Å²) >= 11 is 0. The van der Waals surface area contributed by atoms with Crippen molar-refractivity contribution in [3.63, 3.8) is 0 Å². The first-order chi connectivity index (χ1) is 12.4. The van der Waals surface area contributed by atoms with Gasteiger partial charge in [0.05, 0.1) is 4.90 Å². The first-order valence-corrected chi connectivity index (χ1v) is 10.3. The number of sulfonamides is 1. The maximum Gasteiger partial charge on any atom is 0.253 e. The van der Waals surface area contributed by atoms with Gasteiger partial charge in [-0.2, -0.15) is 4.31 Å². The van der Waals surface area contributed by atoms with Gasteiger partial charge < -0.3 is 4.90 Å². The summed E-state index contributed by atoms with van der Waals surface area (Å²) < 4.78 is 27.3. The molecule has 0 aliphatic carbocycles. The summed E-state index contributed by atoms with van der Waals surface area (Å²) in [6, 6.07) is 15.7. The molecule has 0 atom stereocenters. The summed E-state index contributed by atoms with van der Waals surface area (Å²) in [5, 5.41) is 0. The van der Waals surface area contributed by atoms with Crippen molar-refractivity contribution in [2.45, 2.75) is 32.2 Å². The van der Waals surface area contributed by atoms with E-state index >= 15 is 0 Å². The smallest absolute Gasteiger partial charge is 0.253 e. The van der Waals surface area contributed by atoms with Gasteiger partial charge in [0.25, 0.3) is 5.91 Å². The second-order valence-corrected chi connectivity index (χ2v) is 7.86. The van der Waals surface area contributed by atoms with E-state index in [1.807, 2.05) is 51.1 Å². The number of rotatable bonds is 8. The van der Waals surface area contributed by atoms with E-state index in [1.165, 1.54) is 16.4 Å². The van der Waals surface area contributed by atoms with Crippen LogP contribution in [0.25, 0.3) is 0 Å². The molecule has 0 N–H and O–H groups in total. The van der Waals surface area contributed by atoms with Crippen LogP contribution in [0.2, 0.25) is 0 Å². The van der Waals surface area contributed by atoms with Crippen LogP contribution in [-0.2, 0) is 16.6 Å². The quantitative estimate of drug-likeness (QED) is 0.712. The Kier molecular flexibility index (Phi) is 6.94. The fourth-order valence-electron chi connectivity index (χ4n) is 2.77. The fraction of sp³-hybridized carbons (Fsp3) is 0.350. The Labute approximate surface area is 156 Å². The molecule has 2 rings (SSSR count). The Bertz CT molecular complexity index is 814. The molecule has 0 heterocycles. The number of amides is 1. The van der Waals surface area contributed by atoms with Crippen LogP contribution >= 0.6 is 0 Å². The van der Waals surface area contributed by atoms with Gasteiger partial charge in [0, 0.05) is 31.7 Å². The van der Waals surface area contributed by atoms with Crippen molar-refractivity contribution in [1.29, 1.82) is 0 Å². The highest BCUT2D eigenvalue weighted by Gasteiger charge is 2.23. The molecular weight excluding hydrogens is 348 g/mol. The highest BCUT2D eigenvalue weighted by molar-refractivity contribution is 7.89. The molecule has 0 aliphatic heterocycles.